The second-order valence-corrected chi connectivity index (χ2v) is 13.3. The van der Waals surface area contributed by atoms with Crippen molar-refractivity contribution >= 4 is 26.5 Å². The summed E-state index contributed by atoms with van der Waals surface area (Å²) in [7, 11) is -2.30. The molecule has 2 atom stereocenters. The third-order valence-electron chi connectivity index (χ3n) is 7.25. The molecule has 12 heteroatoms. The highest BCUT2D eigenvalue weighted by atomic mass is 32.2. The Morgan fingerprint density at radius 3 is 2.56 bits per heavy atom. The van der Waals surface area contributed by atoms with Gasteiger partial charge < -0.3 is 0 Å². The summed E-state index contributed by atoms with van der Waals surface area (Å²) in [6.45, 7) is 5.80. The van der Waals surface area contributed by atoms with Gasteiger partial charge in [0, 0.05) is 18.8 Å². The van der Waals surface area contributed by atoms with Crippen LogP contribution in [0.15, 0.2) is 59.6 Å². The summed E-state index contributed by atoms with van der Waals surface area (Å²) < 4.78 is 73.3. The number of halogens is 3. The molecule has 2 aromatic carbocycles. The van der Waals surface area contributed by atoms with E-state index < -0.39 is 22.5 Å². The molecule has 0 bridgehead atoms. The molecule has 1 aliphatic rings. The first-order valence-corrected chi connectivity index (χ1v) is 15.6. The fourth-order valence-electron chi connectivity index (χ4n) is 5.44. The maximum atomic E-state index is 13.3. The van der Waals surface area contributed by atoms with E-state index in [1.165, 1.54) is 22.2 Å². The SMILES string of the molecule is Cc1nn(C)cc1S(=O)(=O)Nc1nc(-c2ccccc2C(C)C)c(-c2cccc([C@H]3CC[C@@H](OC(F)(F)F)C3)c2)s1. The maximum Gasteiger partial charge on any atom is 0.522 e. The van der Waals surface area contributed by atoms with E-state index >= 15 is 0 Å². The number of aromatic nitrogens is 3. The minimum atomic E-state index is -4.65. The normalized spacial score (nSPS) is 17.9. The Morgan fingerprint density at radius 1 is 1.12 bits per heavy atom. The number of alkyl halides is 3. The van der Waals surface area contributed by atoms with Crippen molar-refractivity contribution in [3.8, 4) is 21.7 Å². The standard InChI is InChI=1S/C29H31F3N4O3S2/c1-17(2)23-10-5-6-11-24(23)26-27(40-28(33-26)35-41(37,38)25-16-36(4)34-18(25)3)21-9-7-8-19(14-21)20-12-13-22(15-20)39-29(30,31)32/h5-11,14,16-17,20,22H,12-13,15H2,1-4H3,(H,33,35)/t20-,22+/m0/s1. The van der Waals surface area contributed by atoms with Crippen LogP contribution < -0.4 is 4.72 Å². The maximum absolute atomic E-state index is 13.3. The molecule has 1 aliphatic carbocycles. The van der Waals surface area contributed by atoms with Gasteiger partial charge in [-0.05, 0) is 60.8 Å². The van der Waals surface area contributed by atoms with E-state index in [2.05, 4.69) is 28.4 Å². The van der Waals surface area contributed by atoms with Gasteiger partial charge in [0.1, 0.15) is 4.90 Å². The van der Waals surface area contributed by atoms with E-state index in [0.29, 0.717) is 24.2 Å². The molecular formula is C29H31F3N4O3S2. The monoisotopic (exact) mass is 604 g/mol. The molecule has 5 rings (SSSR count). The molecule has 0 amide bonds. The number of thiazole rings is 1. The van der Waals surface area contributed by atoms with Gasteiger partial charge in [-0.1, -0.05) is 67.6 Å². The van der Waals surface area contributed by atoms with Gasteiger partial charge in [0.15, 0.2) is 5.13 Å². The molecule has 1 fully saturated rings. The Kier molecular flexibility index (Phi) is 8.01. The van der Waals surface area contributed by atoms with Crippen molar-refractivity contribution in [2.45, 2.75) is 69.2 Å². The average Bonchev–Trinajstić information content (AvgIpc) is 3.61. The molecule has 1 saturated carbocycles. The van der Waals surface area contributed by atoms with E-state index in [-0.39, 0.29) is 28.3 Å². The minimum absolute atomic E-state index is 0.0692. The van der Waals surface area contributed by atoms with Crippen LogP contribution in [0, 0.1) is 6.92 Å². The Morgan fingerprint density at radius 2 is 1.88 bits per heavy atom. The lowest BCUT2D eigenvalue weighted by Gasteiger charge is -2.15. The van der Waals surface area contributed by atoms with E-state index in [1.807, 2.05) is 48.5 Å². The third kappa shape index (κ3) is 6.49. The lowest BCUT2D eigenvalue weighted by molar-refractivity contribution is -0.341. The van der Waals surface area contributed by atoms with Gasteiger partial charge in [0.25, 0.3) is 10.0 Å². The molecular weight excluding hydrogens is 573 g/mol. The summed E-state index contributed by atoms with van der Waals surface area (Å²) in [6.07, 6.45) is -2.86. The van der Waals surface area contributed by atoms with Gasteiger partial charge in [0.2, 0.25) is 0 Å². The fraction of sp³-hybridized carbons (Fsp3) is 0.379. The summed E-state index contributed by atoms with van der Waals surface area (Å²) in [5.41, 5.74) is 4.70. The average molecular weight is 605 g/mol. The summed E-state index contributed by atoms with van der Waals surface area (Å²) in [4.78, 5) is 5.62. The van der Waals surface area contributed by atoms with Gasteiger partial charge in [-0.25, -0.2) is 13.4 Å². The molecule has 1 N–H and O–H groups in total. The number of benzene rings is 2. The number of ether oxygens (including phenoxy) is 1. The highest BCUT2D eigenvalue weighted by molar-refractivity contribution is 7.93. The molecule has 2 heterocycles. The molecule has 218 valence electrons. The van der Waals surface area contributed by atoms with Crippen LogP contribution in [0.2, 0.25) is 0 Å². The highest BCUT2D eigenvalue weighted by Gasteiger charge is 2.37. The van der Waals surface area contributed by atoms with Crippen LogP contribution in [0.1, 0.15) is 61.8 Å². The minimum Gasteiger partial charge on any atom is -0.289 e. The zero-order chi connectivity index (χ0) is 29.5. The van der Waals surface area contributed by atoms with E-state index in [0.717, 1.165) is 27.1 Å². The highest BCUT2D eigenvalue weighted by Crippen LogP contribution is 2.44. The fourth-order valence-corrected chi connectivity index (χ4v) is 7.87. The molecule has 2 aromatic heterocycles. The summed E-state index contributed by atoms with van der Waals surface area (Å²) >= 11 is 1.22. The van der Waals surface area contributed by atoms with Gasteiger partial charge in [-0.2, -0.15) is 5.10 Å². The smallest absolute Gasteiger partial charge is 0.289 e. The molecule has 0 aliphatic heterocycles. The van der Waals surface area contributed by atoms with Crippen LogP contribution in [0.25, 0.3) is 21.7 Å². The van der Waals surface area contributed by atoms with Crippen molar-refractivity contribution in [3.05, 3.63) is 71.5 Å². The molecule has 0 saturated heterocycles. The van der Waals surface area contributed by atoms with Crippen molar-refractivity contribution in [1.82, 2.24) is 14.8 Å². The zero-order valence-corrected chi connectivity index (χ0v) is 24.7. The second-order valence-electron chi connectivity index (χ2n) is 10.6. The zero-order valence-electron chi connectivity index (χ0n) is 23.1. The van der Waals surface area contributed by atoms with Crippen molar-refractivity contribution in [1.29, 1.82) is 0 Å². The van der Waals surface area contributed by atoms with Gasteiger partial charge in [-0.15, -0.1) is 13.2 Å². The topological polar surface area (TPSA) is 86.1 Å². The Bertz CT molecular complexity index is 1660. The molecule has 4 aromatic rings. The second kappa shape index (κ2) is 11.2. The van der Waals surface area contributed by atoms with E-state index in [4.69, 9.17) is 4.98 Å². The van der Waals surface area contributed by atoms with Crippen LogP contribution in [0.4, 0.5) is 18.3 Å². The molecule has 41 heavy (non-hydrogen) atoms. The summed E-state index contributed by atoms with van der Waals surface area (Å²) in [6, 6.07) is 15.6. The van der Waals surface area contributed by atoms with E-state index in [1.54, 1.807) is 14.0 Å². The Labute approximate surface area is 241 Å². The van der Waals surface area contributed by atoms with E-state index in [9.17, 15) is 21.6 Å². The molecule has 7 nitrogen and oxygen atoms in total. The largest absolute Gasteiger partial charge is 0.522 e. The van der Waals surface area contributed by atoms with Gasteiger partial charge >= 0.3 is 6.36 Å². The number of nitrogens with zero attached hydrogens (tertiary/aromatic N) is 3. The Balaban J connectivity index is 1.55. The number of nitrogens with one attached hydrogen (secondary N) is 1. The van der Waals surface area contributed by atoms with Crippen LogP contribution in [-0.2, 0) is 21.8 Å². The van der Waals surface area contributed by atoms with Crippen molar-refractivity contribution in [2.75, 3.05) is 4.72 Å². The van der Waals surface area contributed by atoms with Crippen molar-refractivity contribution < 1.29 is 26.3 Å². The summed E-state index contributed by atoms with van der Waals surface area (Å²) in [5.74, 6) is 0.113. The van der Waals surface area contributed by atoms with Crippen molar-refractivity contribution in [3.63, 3.8) is 0 Å². The lowest BCUT2D eigenvalue weighted by atomic mass is 9.92. The molecule has 0 radical (unpaired) electrons. The van der Waals surface area contributed by atoms with Crippen LogP contribution >= 0.6 is 11.3 Å². The summed E-state index contributed by atoms with van der Waals surface area (Å²) in [5, 5.41) is 4.36. The van der Waals surface area contributed by atoms with Crippen molar-refractivity contribution in [2.24, 2.45) is 7.05 Å². The van der Waals surface area contributed by atoms with Gasteiger partial charge in [0.05, 0.1) is 22.4 Å². The number of sulfonamides is 1. The van der Waals surface area contributed by atoms with Crippen LogP contribution in [0.3, 0.4) is 0 Å². The predicted octanol–water partition coefficient (Wildman–Crippen LogP) is 7.62. The number of hydrogen-bond donors (Lipinski definition) is 1. The lowest BCUT2D eigenvalue weighted by Crippen LogP contribution is -2.21. The molecule has 0 spiro atoms. The number of anilines is 1. The molecule has 0 unspecified atom stereocenters. The first-order chi connectivity index (χ1) is 19.3. The number of rotatable bonds is 8. The van der Waals surface area contributed by atoms with Gasteiger partial charge in [-0.3, -0.25) is 14.1 Å². The predicted molar refractivity (Wildman–Crippen MR) is 153 cm³/mol. The Hall–Kier alpha value is -3.22. The van der Waals surface area contributed by atoms with Crippen LogP contribution in [0.5, 0.6) is 0 Å². The number of aryl methyl sites for hydroxylation is 2. The first kappa shape index (κ1) is 29.3. The first-order valence-electron chi connectivity index (χ1n) is 13.3. The van der Waals surface area contributed by atoms with Crippen LogP contribution in [-0.4, -0.2) is 35.6 Å². The third-order valence-corrected chi connectivity index (χ3v) is 9.84. The number of hydrogen-bond acceptors (Lipinski definition) is 6. The quantitative estimate of drug-likeness (QED) is 0.224.